The Morgan fingerprint density at radius 3 is 2.39 bits per heavy atom. The lowest BCUT2D eigenvalue weighted by atomic mass is 9.95. The summed E-state index contributed by atoms with van der Waals surface area (Å²) in [5.41, 5.74) is -0.179. The number of hydrogen-bond donors (Lipinski definition) is 2. The maximum absolute atomic E-state index is 9.75. The van der Waals surface area contributed by atoms with Gasteiger partial charge in [0.25, 0.3) is 0 Å². The van der Waals surface area contributed by atoms with E-state index in [1.807, 2.05) is 0 Å². The minimum atomic E-state index is -0.179. The third-order valence-electron chi connectivity index (χ3n) is 4.24. The quantitative estimate of drug-likeness (QED) is 0.598. The molecule has 108 valence electrons. The first-order valence-corrected chi connectivity index (χ1v) is 7.66. The molecule has 0 heterocycles. The Bertz CT molecular complexity index is 215. The van der Waals surface area contributed by atoms with Crippen molar-refractivity contribution in [3.8, 4) is 0 Å². The van der Waals surface area contributed by atoms with Gasteiger partial charge in [-0.1, -0.05) is 33.6 Å². The Labute approximate surface area is 112 Å². The van der Waals surface area contributed by atoms with Crippen LogP contribution in [0, 0.1) is 11.8 Å². The number of hydrogen-bond acceptors (Lipinski definition) is 3. The third-order valence-corrected chi connectivity index (χ3v) is 4.24. The molecule has 0 amide bonds. The van der Waals surface area contributed by atoms with Crippen LogP contribution in [-0.2, 0) is 4.74 Å². The van der Waals surface area contributed by atoms with E-state index in [-0.39, 0.29) is 12.1 Å². The molecule has 1 saturated carbocycles. The van der Waals surface area contributed by atoms with Crippen molar-refractivity contribution in [2.24, 2.45) is 11.8 Å². The van der Waals surface area contributed by atoms with Gasteiger partial charge in [-0.15, -0.1) is 0 Å². The van der Waals surface area contributed by atoms with E-state index in [4.69, 9.17) is 4.74 Å². The second-order valence-electron chi connectivity index (χ2n) is 5.71. The smallest absolute Gasteiger partial charge is 0.0679 e. The lowest BCUT2D eigenvalue weighted by Crippen LogP contribution is -2.54. The SMILES string of the molecule is CCCNC(CO)(COCC(CC)CC)C1CC1. The van der Waals surface area contributed by atoms with E-state index in [9.17, 15) is 5.11 Å². The highest BCUT2D eigenvalue weighted by molar-refractivity contribution is 5.01. The molecular formula is C15H31NO2. The summed E-state index contributed by atoms with van der Waals surface area (Å²) in [6.45, 7) is 9.24. The van der Waals surface area contributed by atoms with E-state index in [1.165, 1.54) is 25.7 Å². The highest BCUT2D eigenvalue weighted by Gasteiger charge is 2.44. The molecule has 0 aromatic heterocycles. The first kappa shape index (κ1) is 15.9. The van der Waals surface area contributed by atoms with Gasteiger partial charge < -0.3 is 15.2 Å². The zero-order chi connectivity index (χ0) is 13.4. The molecule has 18 heavy (non-hydrogen) atoms. The van der Waals surface area contributed by atoms with Gasteiger partial charge in [0, 0.05) is 6.61 Å². The van der Waals surface area contributed by atoms with Gasteiger partial charge in [0.05, 0.1) is 18.8 Å². The van der Waals surface area contributed by atoms with Gasteiger partial charge in [-0.3, -0.25) is 0 Å². The minimum absolute atomic E-state index is 0.179. The van der Waals surface area contributed by atoms with Crippen molar-refractivity contribution < 1.29 is 9.84 Å². The molecule has 0 aliphatic heterocycles. The van der Waals surface area contributed by atoms with Crippen LogP contribution in [0.2, 0.25) is 0 Å². The van der Waals surface area contributed by atoms with Crippen molar-refractivity contribution in [2.45, 2.75) is 58.4 Å². The van der Waals surface area contributed by atoms with Crippen LogP contribution < -0.4 is 5.32 Å². The Morgan fingerprint density at radius 1 is 1.28 bits per heavy atom. The summed E-state index contributed by atoms with van der Waals surface area (Å²) in [5.74, 6) is 1.27. The average molecular weight is 257 g/mol. The molecule has 1 rings (SSSR count). The standard InChI is InChI=1S/C15H31NO2/c1-4-9-16-15(11-17,14-7-8-14)12-18-10-13(5-2)6-3/h13-14,16-17H,4-12H2,1-3H3. The second-order valence-corrected chi connectivity index (χ2v) is 5.71. The van der Waals surface area contributed by atoms with Crippen LogP contribution in [0.1, 0.15) is 52.9 Å². The molecule has 1 atom stereocenters. The van der Waals surface area contributed by atoms with Crippen LogP contribution in [0.4, 0.5) is 0 Å². The molecule has 0 bridgehead atoms. The van der Waals surface area contributed by atoms with Crippen LogP contribution in [-0.4, -0.2) is 37.0 Å². The molecule has 0 aromatic carbocycles. The number of rotatable bonds is 11. The fraction of sp³-hybridized carbons (Fsp3) is 1.00. The van der Waals surface area contributed by atoms with Gasteiger partial charge >= 0.3 is 0 Å². The van der Waals surface area contributed by atoms with E-state index >= 15 is 0 Å². The summed E-state index contributed by atoms with van der Waals surface area (Å²) in [4.78, 5) is 0. The molecule has 3 heteroatoms. The lowest BCUT2D eigenvalue weighted by Gasteiger charge is -2.33. The zero-order valence-corrected chi connectivity index (χ0v) is 12.4. The van der Waals surface area contributed by atoms with Crippen molar-refractivity contribution in [2.75, 3.05) is 26.4 Å². The highest BCUT2D eigenvalue weighted by atomic mass is 16.5. The molecule has 1 fully saturated rings. The van der Waals surface area contributed by atoms with Crippen molar-refractivity contribution in [1.29, 1.82) is 0 Å². The fourth-order valence-electron chi connectivity index (χ4n) is 2.49. The summed E-state index contributed by atoms with van der Waals surface area (Å²) < 4.78 is 5.91. The molecule has 3 nitrogen and oxygen atoms in total. The Balaban J connectivity index is 2.40. The van der Waals surface area contributed by atoms with Gasteiger partial charge in [0.1, 0.15) is 0 Å². The number of nitrogens with one attached hydrogen (secondary N) is 1. The molecule has 1 aliphatic carbocycles. The normalized spacial score (nSPS) is 19.2. The predicted molar refractivity (Wildman–Crippen MR) is 75.7 cm³/mol. The number of ether oxygens (including phenoxy) is 1. The first-order chi connectivity index (χ1) is 8.72. The van der Waals surface area contributed by atoms with Crippen molar-refractivity contribution in [1.82, 2.24) is 5.32 Å². The summed E-state index contributed by atoms with van der Waals surface area (Å²) in [6, 6.07) is 0. The van der Waals surface area contributed by atoms with Crippen LogP contribution in [0.3, 0.4) is 0 Å². The van der Waals surface area contributed by atoms with E-state index in [1.54, 1.807) is 0 Å². The number of aliphatic hydroxyl groups is 1. The monoisotopic (exact) mass is 257 g/mol. The van der Waals surface area contributed by atoms with Crippen molar-refractivity contribution in [3.63, 3.8) is 0 Å². The Kier molecular flexibility index (Phi) is 7.20. The third kappa shape index (κ3) is 4.52. The summed E-state index contributed by atoms with van der Waals surface area (Å²) in [6.07, 6.45) is 5.90. The summed E-state index contributed by atoms with van der Waals surface area (Å²) in [7, 11) is 0. The predicted octanol–water partition coefficient (Wildman–Crippen LogP) is 2.58. The topological polar surface area (TPSA) is 41.5 Å². The minimum Gasteiger partial charge on any atom is -0.394 e. The van der Waals surface area contributed by atoms with Crippen LogP contribution in [0.15, 0.2) is 0 Å². The molecule has 1 aliphatic rings. The Morgan fingerprint density at radius 2 is 1.94 bits per heavy atom. The molecule has 2 N–H and O–H groups in total. The maximum atomic E-state index is 9.75. The molecular weight excluding hydrogens is 226 g/mol. The molecule has 1 unspecified atom stereocenters. The van der Waals surface area contributed by atoms with E-state index in [2.05, 4.69) is 26.1 Å². The van der Waals surface area contributed by atoms with E-state index in [0.717, 1.165) is 19.6 Å². The van der Waals surface area contributed by atoms with Crippen LogP contribution in [0.5, 0.6) is 0 Å². The van der Waals surface area contributed by atoms with Gasteiger partial charge in [-0.25, -0.2) is 0 Å². The van der Waals surface area contributed by atoms with Crippen LogP contribution in [0.25, 0.3) is 0 Å². The van der Waals surface area contributed by atoms with Crippen LogP contribution >= 0.6 is 0 Å². The van der Waals surface area contributed by atoms with E-state index < -0.39 is 0 Å². The van der Waals surface area contributed by atoms with Crippen molar-refractivity contribution in [3.05, 3.63) is 0 Å². The van der Waals surface area contributed by atoms with Crippen molar-refractivity contribution >= 4 is 0 Å². The molecule has 0 radical (unpaired) electrons. The second kappa shape index (κ2) is 8.13. The number of aliphatic hydroxyl groups excluding tert-OH is 1. The maximum Gasteiger partial charge on any atom is 0.0679 e. The first-order valence-electron chi connectivity index (χ1n) is 7.66. The van der Waals surface area contributed by atoms with Gasteiger partial charge in [0.2, 0.25) is 0 Å². The average Bonchev–Trinajstić information content (AvgIpc) is 3.23. The fourth-order valence-corrected chi connectivity index (χ4v) is 2.49. The molecule has 0 aromatic rings. The van der Waals surface area contributed by atoms with E-state index in [0.29, 0.717) is 18.4 Å². The van der Waals surface area contributed by atoms with Gasteiger partial charge in [-0.2, -0.15) is 0 Å². The molecule has 0 spiro atoms. The Hall–Kier alpha value is -0.120. The largest absolute Gasteiger partial charge is 0.394 e. The summed E-state index contributed by atoms with van der Waals surface area (Å²) in [5, 5.41) is 13.3. The molecule has 0 saturated heterocycles. The lowest BCUT2D eigenvalue weighted by molar-refractivity contribution is 0.00892. The summed E-state index contributed by atoms with van der Waals surface area (Å²) >= 11 is 0. The van der Waals surface area contributed by atoms with Gasteiger partial charge in [0.15, 0.2) is 0 Å². The van der Waals surface area contributed by atoms with Gasteiger partial charge in [-0.05, 0) is 37.6 Å². The highest BCUT2D eigenvalue weighted by Crippen LogP contribution is 2.39. The zero-order valence-electron chi connectivity index (χ0n) is 12.4.